The average molecular weight is 340 g/mol. The van der Waals surface area contributed by atoms with Crippen LogP contribution in [0.3, 0.4) is 0 Å². The number of nitrogens with two attached hydrogens (primary N) is 1. The highest BCUT2D eigenvalue weighted by atomic mass is 16.5. The van der Waals surface area contributed by atoms with Crippen LogP contribution in [0.2, 0.25) is 0 Å². The van der Waals surface area contributed by atoms with Crippen LogP contribution in [0.4, 0.5) is 5.69 Å². The third-order valence-corrected chi connectivity index (χ3v) is 3.87. The number of hydrogen-bond donors (Lipinski definition) is 2. The zero-order valence-electron chi connectivity index (χ0n) is 14.7. The summed E-state index contributed by atoms with van der Waals surface area (Å²) in [6.45, 7) is 4.61. The topological polar surface area (TPSA) is 81.4 Å². The lowest BCUT2D eigenvalue weighted by molar-refractivity contribution is -0.116. The first kappa shape index (κ1) is 18.5. The molecule has 2 amide bonds. The van der Waals surface area contributed by atoms with Gasteiger partial charge in [0, 0.05) is 6.42 Å². The highest BCUT2D eigenvalue weighted by Crippen LogP contribution is 2.19. The van der Waals surface area contributed by atoms with Gasteiger partial charge in [-0.15, -0.1) is 0 Å². The number of carbonyl (C=O) groups is 2. The molecule has 0 saturated carbocycles. The zero-order chi connectivity index (χ0) is 18.2. The van der Waals surface area contributed by atoms with Gasteiger partial charge in [-0.3, -0.25) is 9.59 Å². The van der Waals surface area contributed by atoms with Crippen molar-refractivity contribution in [2.45, 2.75) is 33.1 Å². The minimum atomic E-state index is -0.558. The quantitative estimate of drug-likeness (QED) is 0.721. The predicted octanol–water partition coefficient (Wildman–Crippen LogP) is 3.59. The molecule has 25 heavy (non-hydrogen) atoms. The summed E-state index contributed by atoms with van der Waals surface area (Å²) >= 11 is 0. The molecule has 0 aliphatic heterocycles. The van der Waals surface area contributed by atoms with Crippen LogP contribution in [-0.2, 0) is 4.79 Å². The van der Waals surface area contributed by atoms with Gasteiger partial charge in [0.15, 0.2) is 0 Å². The van der Waals surface area contributed by atoms with Crippen LogP contribution in [0.15, 0.2) is 42.5 Å². The van der Waals surface area contributed by atoms with Gasteiger partial charge in [-0.25, -0.2) is 0 Å². The Hall–Kier alpha value is -2.82. The van der Waals surface area contributed by atoms with E-state index in [0.29, 0.717) is 30.7 Å². The van der Waals surface area contributed by atoms with E-state index < -0.39 is 5.91 Å². The first-order chi connectivity index (χ1) is 12.0. The molecule has 2 aromatic rings. The Morgan fingerprint density at radius 3 is 2.60 bits per heavy atom. The van der Waals surface area contributed by atoms with E-state index in [0.717, 1.165) is 23.3 Å². The molecule has 0 aliphatic carbocycles. The van der Waals surface area contributed by atoms with Crippen molar-refractivity contribution in [2.24, 2.45) is 5.73 Å². The fraction of sp³-hybridized carbons (Fsp3) is 0.300. The number of carbonyl (C=O) groups excluding carboxylic acids is 2. The van der Waals surface area contributed by atoms with Gasteiger partial charge in [-0.05, 0) is 56.0 Å². The Kier molecular flexibility index (Phi) is 6.57. The zero-order valence-corrected chi connectivity index (χ0v) is 14.7. The normalized spacial score (nSPS) is 10.3. The van der Waals surface area contributed by atoms with Crippen LogP contribution >= 0.6 is 0 Å². The number of nitrogens with one attached hydrogen (secondary N) is 1. The summed E-state index contributed by atoms with van der Waals surface area (Å²) in [5.74, 6) is 0.193. The van der Waals surface area contributed by atoms with E-state index in [1.54, 1.807) is 24.3 Å². The second-order valence-corrected chi connectivity index (χ2v) is 6.03. The maximum Gasteiger partial charge on any atom is 0.250 e. The maximum atomic E-state index is 12.0. The van der Waals surface area contributed by atoms with E-state index in [9.17, 15) is 9.59 Å². The number of para-hydroxylation sites is 1. The van der Waals surface area contributed by atoms with Crippen molar-refractivity contribution in [3.8, 4) is 5.75 Å². The molecule has 0 unspecified atom stereocenters. The number of anilines is 1. The van der Waals surface area contributed by atoms with E-state index in [1.165, 1.54) is 0 Å². The fourth-order valence-electron chi connectivity index (χ4n) is 2.45. The number of aryl methyl sites for hydroxylation is 2. The van der Waals surface area contributed by atoms with Gasteiger partial charge >= 0.3 is 0 Å². The lowest BCUT2D eigenvalue weighted by Crippen LogP contribution is -2.18. The van der Waals surface area contributed by atoms with E-state index in [4.69, 9.17) is 10.5 Å². The van der Waals surface area contributed by atoms with Gasteiger partial charge in [-0.1, -0.05) is 24.3 Å². The van der Waals surface area contributed by atoms with Crippen LogP contribution in [0.5, 0.6) is 5.75 Å². The summed E-state index contributed by atoms with van der Waals surface area (Å²) in [7, 11) is 0. The largest absolute Gasteiger partial charge is 0.493 e. The van der Waals surface area contributed by atoms with Crippen LogP contribution in [0, 0.1) is 13.8 Å². The van der Waals surface area contributed by atoms with Crippen molar-refractivity contribution in [3.63, 3.8) is 0 Å². The van der Waals surface area contributed by atoms with Crippen molar-refractivity contribution < 1.29 is 14.3 Å². The lowest BCUT2D eigenvalue weighted by atomic mass is 10.1. The molecule has 0 heterocycles. The van der Waals surface area contributed by atoms with Crippen LogP contribution in [-0.4, -0.2) is 18.4 Å². The minimum absolute atomic E-state index is 0.138. The molecule has 0 spiro atoms. The molecular weight excluding hydrogens is 316 g/mol. The summed E-state index contributed by atoms with van der Waals surface area (Å²) in [6, 6.07) is 12.8. The minimum Gasteiger partial charge on any atom is -0.493 e. The fourth-order valence-corrected chi connectivity index (χ4v) is 2.45. The van der Waals surface area contributed by atoms with Gasteiger partial charge in [-0.2, -0.15) is 0 Å². The second kappa shape index (κ2) is 8.87. The monoisotopic (exact) mass is 340 g/mol. The van der Waals surface area contributed by atoms with Crippen molar-refractivity contribution in [1.29, 1.82) is 0 Å². The molecule has 5 nitrogen and oxygen atoms in total. The molecule has 5 heteroatoms. The van der Waals surface area contributed by atoms with E-state index in [-0.39, 0.29) is 5.91 Å². The SMILES string of the molecule is Cc1ccc(C)c(OCCCCC(=O)Nc2ccccc2C(N)=O)c1. The van der Waals surface area contributed by atoms with E-state index in [2.05, 4.69) is 11.4 Å². The second-order valence-electron chi connectivity index (χ2n) is 6.03. The van der Waals surface area contributed by atoms with Crippen molar-refractivity contribution in [2.75, 3.05) is 11.9 Å². The average Bonchev–Trinajstić information content (AvgIpc) is 2.58. The highest BCUT2D eigenvalue weighted by Gasteiger charge is 2.10. The Labute approximate surface area is 148 Å². The van der Waals surface area contributed by atoms with Gasteiger partial charge in [0.1, 0.15) is 5.75 Å². The van der Waals surface area contributed by atoms with Crippen molar-refractivity contribution >= 4 is 17.5 Å². The molecular formula is C20H24N2O3. The third kappa shape index (κ3) is 5.64. The summed E-state index contributed by atoms with van der Waals surface area (Å²) in [5.41, 5.74) is 8.33. The summed E-state index contributed by atoms with van der Waals surface area (Å²) in [4.78, 5) is 23.4. The number of hydrogen-bond acceptors (Lipinski definition) is 3. The van der Waals surface area contributed by atoms with Crippen LogP contribution in [0.1, 0.15) is 40.7 Å². The first-order valence-electron chi connectivity index (χ1n) is 8.36. The van der Waals surface area contributed by atoms with Gasteiger partial charge in [0.05, 0.1) is 17.9 Å². The first-order valence-corrected chi connectivity index (χ1v) is 8.36. The molecule has 0 saturated heterocycles. The molecule has 2 rings (SSSR count). The molecule has 0 atom stereocenters. The summed E-state index contributed by atoms with van der Waals surface area (Å²) < 4.78 is 5.78. The Balaban J connectivity index is 1.74. The molecule has 0 radical (unpaired) electrons. The van der Waals surface area contributed by atoms with Crippen molar-refractivity contribution in [1.82, 2.24) is 0 Å². The number of unbranched alkanes of at least 4 members (excludes halogenated alkanes) is 1. The standard InChI is InChI=1S/C20H24N2O3/c1-14-10-11-15(2)18(13-14)25-12-6-5-9-19(23)22-17-8-4-3-7-16(17)20(21)24/h3-4,7-8,10-11,13H,5-6,9,12H2,1-2H3,(H2,21,24)(H,22,23). The summed E-state index contributed by atoms with van der Waals surface area (Å²) in [6.07, 6.45) is 1.84. The number of benzene rings is 2. The van der Waals surface area contributed by atoms with Crippen LogP contribution < -0.4 is 15.8 Å². The third-order valence-electron chi connectivity index (χ3n) is 3.87. The predicted molar refractivity (Wildman–Crippen MR) is 98.9 cm³/mol. The van der Waals surface area contributed by atoms with E-state index >= 15 is 0 Å². The molecule has 2 aromatic carbocycles. The smallest absolute Gasteiger partial charge is 0.250 e. The molecule has 132 valence electrons. The van der Waals surface area contributed by atoms with Gasteiger partial charge in [0.25, 0.3) is 5.91 Å². The van der Waals surface area contributed by atoms with E-state index in [1.807, 2.05) is 26.0 Å². The Morgan fingerprint density at radius 2 is 1.84 bits per heavy atom. The molecule has 0 bridgehead atoms. The molecule has 0 aliphatic rings. The number of amides is 2. The number of primary amides is 1. The maximum absolute atomic E-state index is 12.0. The Morgan fingerprint density at radius 1 is 1.08 bits per heavy atom. The van der Waals surface area contributed by atoms with Crippen molar-refractivity contribution in [3.05, 3.63) is 59.2 Å². The summed E-state index contributed by atoms with van der Waals surface area (Å²) in [5, 5.41) is 2.74. The van der Waals surface area contributed by atoms with Gasteiger partial charge < -0.3 is 15.8 Å². The number of ether oxygens (including phenoxy) is 1. The number of rotatable bonds is 8. The Bertz CT molecular complexity index is 756. The van der Waals surface area contributed by atoms with Crippen LogP contribution in [0.25, 0.3) is 0 Å². The molecule has 0 fully saturated rings. The van der Waals surface area contributed by atoms with Gasteiger partial charge in [0.2, 0.25) is 5.91 Å². The molecule has 0 aromatic heterocycles. The lowest BCUT2D eigenvalue weighted by Gasteiger charge is -2.10. The molecule has 3 N–H and O–H groups in total. The highest BCUT2D eigenvalue weighted by molar-refractivity contribution is 6.02.